The number of fused-ring (bicyclic) bond motifs is 5. The van der Waals surface area contributed by atoms with Crippen molar-refractivity contribution in [3.05, 3.63) is 102 Å². The number of allylic oxidation sites excluding steroid dienone is 3. The Hall–Kier alpha value is -3.30. The maximum absolute atomic E-state index is 4.07. The quantitative estimate of drug-likeness (QED) is 0.329. The summed E-state index contributed by atoms with van der Waals surface area (Å²) in [7, 11) is 0. The number of benzene rings is 2. The minimum absolute atomic E-state index is 0.328. The molecule has 4 aromatic rings. The Morgan fingerprint density at radius 2 is 1.59 bits per heavy atom. The van der Waals surface area contributed by atoms with Crippen LogP contribution in [-0.4, -0.2) is 22.1 Å². The smallest absolute Gasteiger partial charge is 0.0460 e. The standard InChI is InChI=1S/C29H27N3/c1-4-13-25-18(8-1)23(16-30-25)20-11-7-12-21(24-17-31-26-14-5-2-9-19(24)26)29-28(20)22-10-3-6-15-27(22)32-29/h1-2,4-9,11-17,21-22,27-32H,3,10H2. The molecule has 2 aromatic carbocycles. The van der Waals surface area contributed by atoms with Gasteiger partial charge in [0, 0.05) is 63.7 Å². The summed E-state index contributed by atoms with van der Waals surface area (Å²) in [5.74, 6) is 1.42. The van der Waals surface area contributed by atoms with Crippen LogP contribution in [0.4, 0.5) is 0 Å². The third-order valence-corrected chi connectivity index (χ3v) is 7.93. The number of para-hydroxylation sites is 2. The van der Waals surface area contributed by atoms with Crippen molar-refractivity contribution in [2.24, 2.45) is 11.8 Å². The molecule has 3 heterocycles. The molecule has 0 amide bonds. The Labute approximate surface area is 187 Å². The van der Waals surface area contributed by atoms with E-state index >= 15 is 0 Å². The summed E-state index contributed by atoms with van der Waals surface area (Å²) in [4.78, 5) is 7.03. The van der Waals surface area contributed by atoms with Crippen molar-refractivity contribution >= 4 is 27.4 Å². The van der Waals surface area contributed by atoms with E-state index in [1.54, 1.807) is 0 Å². The molecule has 2 aromatic heterocycles. The van der Waals surface area contributed by atoms with Crippen LogP contribution in [0.5, 0.6) is 0 Å². The van der Waals surface area contributed by atoms with Crippen molar-refractivity contribution in [2.75, 3.05) is 0 Å². The lowest BCUT2D eigenvalue weighted by atomic mass is 9.72. The summed E-state index contributed by atoms with van der Waals surface area (Å²) >= 11 is 0. The highest BCUT2D eigenvalue weighted by atomic mass is 15.0. The first-order valence-electron chi connectivity index (χ1n) is 11.8. The Kier molecular flexibility index (Phi) is 4.06. The molecule has 3 N–H and O–H groups in total. The van der Waals surface area contributed by atoms with Crippen LogP contribution in [0, 0.1) is 11.8 Å². The topological polar surface area (TPSA) is 43.6 Å². The molecule has 2 aliphatic carbocycles. The first-order chi connectivity index (χ1) is 15.9. The molecular formula is C29H27N3. The van der Waals surface area contributed by atoms with Gasteiger partial charge in [0.2, 0.25) is 0 Å². The lowest BCUT2D eigenvalue weighted by Gasteiger charge is -2.30. The first kappa shape index (κ1) is 18.3. The van der Waals surface area contributed by atoms with Gasteiger partial charge in [-0.1, -0.05) is 66.8 Å². The molecule has 3 nitrogen and oxygen atoms in total. The van der Waals surface area contributed by atoms with Crippen LogP contribution in [0.15, 0.2) is 91.3 Å². The van der Waals surface area contributed by atoms with Crippen LogP contribution in [0.3, 0.4) is 0 Å². The minimum Gasteiger partial charge on any atom is -0.361 e. The van der Waals surface area contributed by atoms with Crippen LogP contribution in [0.1, 0.15) is 29.9 Å². The number of hydrogen-bond donors (Lipinski definition) is 3. The second-order valence-corrected chi connectivity index (χ2v) is 9.48. The van der Waals surface area contributed by atoms with Gasteiger partial charge in [-0.3, -0.25) is 0 Å². The van der Waals surface area contributed by atoms with E-state index in [0.29, 0.717) is 29.8 Å². The van der Waals surface area contributed by atoms with E-state index < -0.39 is 0 Å². The summed E-state index contributed by atoms with van der Waals surface area (Å²) in [6.07, 6.45) is 18.8. The highest BCUT2D eigenvalue weighted by Gasteiger charge is 2.48. The fourth-order valence-corrected chi connectivity index (χ4v) is 6.54. The molecule has 0 bridgehead atoms. The van der Waals surface area contributed by atoms with Crippen molar-refractivity contribution in [1.29, 1.82) is 0 Å². The van der Waals surface area contributed by atoms with Crippen LogP contribution in [0.2, 0.25) is 0 Å². The Bertz CT molecular complexity index is 1400. The Balaban J connectivity index is 1.39. The van der Waals surface area contributed by atoms with Gasteiger partial charge in [-0.05, 0) is 42.0 Å². The van der Waals surface area contributed by atoms with Gasteiger partial charge in [-0.2, -0.15) is 0 Å². The molecule has 0 spiro atoms. The van der Waals surface area contributed by atoms with Gasteiger partial charge >= 0.3 is 0 Å². The third-order valence-electron chi connectivity index (χ3n) is 7.93. The van der Waals surface area contributed by atoms with Crippen molar-refractivity contribution in [3.63, 3.8) is 0 Å². The first-order valence-corrected chi connectivity index (χ1v) is 11.8. The van der Waals surface area contributed by atoms with Gasteiger partial charge in [0.15, 0.2) is 0 Å². The van der Waals surface area contributed by atoms with E-state index in [-0.39, 0.29) is 0 Å². The van der Waals surface area contributed by atoms with E-state index in [0.717, 1.165) is 0 Å². The average molecular weight is 418 g/mol. The zero-order valence-electron chi connectivity index (χ0n) is 18.0. The molecule has 5 unspecified atom stereocenters. The summed E-state index contributed by atoms with van der Waals surface area (Å²) in [5.41, 5.74) is 6.66. The van der Waals surface area contributed by atoms with Crippen molar-refractivity contribution in [3.8, 4) is 0 Å². The zero-order chi connectivity index (χ0) is 21.1. The maximum Gasteiger partial charge on any atom is 0.0460 e. The van der Waals surface area contributed by atoms with Crippen LogP contribution in [0.25, 0.3) is 27.4 Å². The number of H-pyrrole nitrogens is 2. The molecule has 1 fully saturated rings. The second-order valence-electron chi connectivity index (χ2n) is 9.48. The largest absolute Gasteiger partial charge is 0.361 e. The number of nitrogens with one attached hydrogen (secondary N) is 3. The predicted octanol–water partition coefficient (Wildman–Crippen LogP) is 6.31. The molecular weight excluding hydrogens is 390 g/mol. The van der Waals surface area contributed by atoms with E-state index in [1.807, 2.05) is 0 Å². The van der Waals surface area contributed by atoms with Gasteiger partial charge in [-0.25, -0.2) is 0 Å². The van der Waals surface area contributed by atoms with Gasteiger partial charge in [0.05, 0.1) is 0 Å². The minimum atomic E-state index is 0.328. The zero-order valence-corrected chi connectivity index (χ0v) is 18.0. The lowest BCUT2D eigenvalue weighted by Crippen LogP contribution is -2.35. The molecule has 1 aliphatic heterocycles. The van der Waals surface area contributed by atoms with E-state index in [2.05, 4.69) is 107 Å². The fourth-order valence-electron chi connectivity index (χ4n) is 6.54. The van der Waals surface area contributed by atoms with E-state index in [9.17, 15) is 0 Å². The normalized spacial score (nSPS) is 29.1. The van der Waals surface area contributed by atoms with Gasteiger partial charge in [0.25, 0.3) is 0 Å². The Morgan fingerprint density at radius 1 is 0.812 bits per heavy atom. The van der Waals surface area contributed by atoms with Crippen LogP contribution < -0.4 is 5.32 Å². The summed E-state index contributed by atoms with van der Waals surface area (Å²) in [6, 6.07) is 18.2. The molecule has 3 heteroatoms. The van der Waals surface area contributed by atoms with Gasteiger partial charge in [0.1, 0.15) is 0 Å². The van der Waals surface area contributed by atoms with Crippen LogP contribution in [-0.2, 0) is 0 Å². The van der Waals surface area contributed by atoms with E-state index in [4.69, 9.17) is 0 Å². The highest BCUT2D eigenvalue weighted by molar-refractivity contribution is 5.94. The van der Waals surface area contributed by atoms with E-state index in [1.165, 1.54) is 51.3 Å². The molecule has 5 atom stereocenters. The molecule has 0 saturated carbocycles. The maximum atomic E-state index is 4.07. The number of rotatable bonds is 2. The fraction of sp³-hybridized carbons (Fsp3) is 0.241. The van der Waals surface area contributed by atoms with Crippen molar-refractivity contribution in [2.45, 2.75) is 30.8 Å². The molecule has 0 radical (unpaired) electrons. The lowest BCUT2D eigenvalue weighted by molar-refractivity contribution is 0.391. The van der Waals surface area contributed by atoms with Crippen molar-refractivity contribution in [1.82, 2.24) is 15.3 Å². The number of hydrogen-bond acceptors (Lipinski definition) is 1. The molecule has 7 rings (SSSR count). The van der Waals surface area contributed by atoms with Gasteiger partial charge < -0.3 is 15.3 Å². The molecule has 32 heavy (non-hydrogen) atoms. The highest BCUT2D eigenvalue weighted by Crippen LogP contribution is 2.49. The summed E-state index contributed by atoms with van der Waals surface area (Å²) in [5, 5.41) is 6.74. The number of aromatic nitrogens is 2. The Morgan fingerprint density at radius 3 is 2.50 bits per heavy atom. The molecule has 3 aliphatic rings. The van der Waals surface area contributed by atoms with Gasteiger partial charge in [-0.15, -0.1) is 0 Å². The second kappa shape index (κ2) is 7.11. The third kappa shape index (κ3) is 2.64. The van der Waals surface area contributed by atoms with Crippen LogP contribution >= 0.6 is 0 Å². The summed E-state index contributed by atoms with van der Waals surface area (Å²) < 4.78 is 0. The number of aromatic amines is 2. The SMILES string of the molecule is C1=CC(c2c[nH]c3ccccc23)C2NC3C=CCCC3C2C(c2c[nH]c3ccccc23)=C1. The van der Waals surface area contributed by atoms with Crippen molar-refractivity contribution < 1.29 is 0 Å². The summed E-state index contributed by atoms with van der Waals surface area (Å²) in [6.45, 7) is 0. The molecule has 158 valence electrons. The molecule has 1 saturated heterocycles. The predicted molar refractivity (Wildman–Crippen MR) is 133 cm³/mol. The average Bonchev–Trinajstić information content (AvgIpc) is 3.53. The monoisotopic (exact) mass is 417 g/mol.